The van der Waals surface area contributed by atoms with Crippen LogP contribution in [0, 0.1) is 6.92 Å². The molecule has 8 heteroatoms. The van der Waals surface area contributed by atoms with Crippen molar-refractivity contribution in [2.75, 3.05) is 5.32 Å². The van der Waals surface area contributed by atoms with E-state index in [1.165, 1.54) is 11.3 Å². The van der Waals surface area contributed by atoms with Crippen LogP contribution in [0.4, 0.5) is 5.69 Å². The van der Waals surface area contributed by atoms with E-state index in [9.17, 15) is 4.79 Å². The van der Waals surface area contributed by atoms with Crippen LogP contribution in [0.1, 0.15) is 15.4 Å². The van der Waals surface area contributed by atoms with E-state index in [0.29, 0.717) is 37.9 Å². The Bertz CT molecular complexity index is 1130. The number of hydrogen-bond donors (Lipinski definition) is 1. The first-order valence-corrected chi connectivity index (χ1v) is 9.87. The van der Waals surface area contributed by atoms with Crippen molar-refractivity contribution in [2.45, 2.75) is 6.92 Å². The van der Waals surface area contributed by atoms with Crippen molar-refractivity contribution >= 4 is 34.5 Å². The minimum absolute atomic E-state index is 0.240. The molecule has 0 saturated heterocycles. The highest BCUT2D eigenvalue weighted by Gasteiger charge is 2.17. The van der Waals surface area contributed by atoms with E-state index < -0.39 is 0 Å². The number of aryl methyl sites for hydroxylation is 1. The highest BCUT2D eigenvalue weighted by Crippen LogP contribution is 2.27. The van der Waals surface area contributed by atoms with Crippen molar-refractivity contribution < 1.29 is 9.53 Å². The lowest BCUT2D eigenvalue weighted by molar-refractivity contribution is 0.102. The Labute approximate surface area is 176 Å². The molecule has 0 aliphatic heterocycles. The van der Waals surface area contributed by atoms with Crippen LogP contribution in [-0.2, 0) is 0 Å². The average Bonchev–Trinajstić information content (AvgIpc) is 3.14. The summed E-state index contributed by atoms with van der Waals surface area (Å²) in [7, 11) is 0. The topological polar surface area (TPSA) is 77.0 Å². The fourth-order valence-corrected chi connectivity index (χ4v) is 3.60. The second-order valence-electron chi connectivity index (χ2n) is 6.04. The minimum Gasteiger partial charge on any atom is -0.439 e. The lowest BCUT2D eigenvalue weighted by Crippen LogP contribution is -2.11. The molecule has 0 spiro atoms. The monoisotopic (exact) mass is 422 g/mol. The number of carbonyl (C=O) groups excluding carboxylic acids is 1. The van der Waals surface area contributed by atoms with E-state index >= 15 is 0 Å². The zero-order valence-electron chi connectivity index (χ0n) is 15.3. The van der Waals surface area contributed by atoms with Gasteiger partial charge in [0.1, 0.15) is 15.6 Å². The third-order valence-corrected chi connectivity index (χ3v) is 5.35. The number of thiazole rings is 1. The van der Waals surface area contributed by atoms with Crippen LogP contribution in [0.25, 0.3) is 10.7 Å². The molecule has 1 amide bonds. The Morgan fingerprint density at radius 3 is 2.59 bits per heavy atom. The van der Waals surface area contributed by atoms with E-state index in [1.807, 2.05) is 18.2 Å². The van der Waals surface area contributed by atoms with Gasteiger partial charge in [-0.15, -0.1) is 11.3 Å². The SMILES string of the molecule is Cc1nc(-c2ccccn2)sc1C(=O)Nc1ccc(Oc2ccc(Cl)cc2)nc1. The molecule has 3 aromatic heterocycles. The molecule has 0 aliphatic carbocycles. The number of rotatable bonds is 5. The Hall–Kier alpha value is -3.29. The second-order valence-corrected chi connectivity index (χ2v) is 7.48. The fraction of sp³-hybridized carbons (Fsp3) is 0.0476. The van der Waals surface area contributed by atoms with Gasteiger partial charge in [-0.05, 0) is 49.4 Å². The maximum absolute atomic E-state index is 12.7. The van der Waals surface area contributed by atoms with Crippen LogP contribution in [0.2, 0.25) is 5.02 Å². The average molecular weight is 423 g/mol. The van der Waals surface area contributed by atoms with Crippen LogP contribution >= 0.6 is 22.9 Å². The Morgan fingerprint density at radius 2 is 1.90 bits per heavy atom. The van der Waals surface area contributed by atoms with Crippen molar-refractivity contribution in [2.24, 2.45) is 0 Å². The summed E-state index contributed by atoms with van der Waals surface area (Å²) in [4.78, 5) is 26.2. The van der Waals surface area contributed by atoms with Gasteiger partial charge in [0.05, 0.1) is 23.3 Å². The highest BCUT2D eigenvalue weighted by molar-refractivity contribution is 7.17. The quantitative estimate of drug-likeness (QED) is 0.452. The first-order valence-electron chi connectivity index (χ1n) is 8.68. The number of benzene rings is 1. The second kappa shape index (κ2) is 8.38. The maximum atomic E-state index is 12.7. The fourth-order valence-electron chi connectivity index (χ4n) is 2.53. The molecule has 0 saturated carbocycles. The molecule has 0 unspecified atom stereocenters. The summed E-state index contributed by atoms with van der Waals surface area (Å²) in [6.45, 7) is 1.80. The summed E-state index contributed by atoms with van der Waals surface area (Å²) in [6, 6.07) is 16.0. The van der Waals surface area contributed by atoms with Gasteiger partial charge in [-0.3, -0.25) is 9.78 Å². The first kappa shape index (κ1) is 19.0. The van der Waals surface area contributed by atoms with Crippen molar-refractivity contribution in [1.29, 1.82) is 0 Å². The molecule has 29 heavy (non-hydrogen) atoms. The minimum atomic E-state index is -0.240. The first-order chi connectivity index (χ1) is 14.1. The molecule has 1 N–H and O–H groups in total. The molecule has 0 atom stereocenters. The zero-order chi connectivity index (χ0) is 20.2. The molecule has 0 fully saturated rings. The van der Waals surface area contributed by atoms with E-state index in [2.05, 4.69) is 20.3 Å². The van der Waals surface area contributed by atoms with Gasteiger partial charge >= 0.3 is 0 Å². The predicted molar refractivity (Wildman–Crippen MR) is 114 cm³/mol. The lowest BCUT2D eigenvalue weighted by Gasteiger charge is -2.07. The number of nitrogens with zero attached hydrogens (tertiary/aromatic N) is 3. The zero-order valence-corrected chi connectivity index (χ0v) is 16.9. The summed E-state index contributed by atoms with van der Waals surface area (Å²) >= 11 is 7.17. The summed E-state index contributed by atoms with van der Waals surface area (Å²) in [5.41, 5.74) is 1.96. The molecule has 144 valence electrons. The molecule has 1 aromatic carbocycles. The molecule has 0 radical (unpaired) electrons. The number of anilines is 1. The predicted octanol–water partition coefficient (Wildman–Crippen LogP) is 5.61. The molecule has 4 aromatic rings. The van der Waals surface area contributed by atoms with Gasteiger partial charge in [0.2, 0.25) is 5.88 Å². The normalized spacial score (nSPS) is 10.6. The molecule has 3 heterocycles. The third-order valence-electron chi connectivity index (χ3n) is 3.92. The molecular weight excluding hydrogens is 408 g/mol. The van der Waals surface area contributed by atoms with Gasteiger partial charge in [0, 0.05) is 17.3 Å². The maximum Gasteiger partial charge on any atom is 0.267 e. The van der Waals surface area contributed by atoms with Crippen LogP contribution < -0.4 is 10.1 Å². The van der Waals surface area contributed by atoms with E-state index in [4.69, 9.17) is 16.3 Å². The summed E-state index contributed by atoms with van der Waals surface area (Å²) < 4.78 is 5.65. The number of ether oxygens (including phenoxy) is 1. The number of hydrogen-bond acceptors (Lipinski definition) is 6. The number of aromatic nitrogens is 3. The van der Waals surface area contributed by atoms with Crippen LogP contribution in [0.15, 0.2) is 67.0 Å². The van der Waals surface area contributed by atoms with Gasteiger partial charge in [-0.2, -0.15) is 0 Å². The van der Waals surface area contributed by atoms with Gasteiger partial charge < -0.3 is 10.1 Å². The van der Waals surface area contributed by atoms with Crippen LogP contribution in [0.3, 0.4) is 0 Å². The van der Waals surface area contributed by atoms with Crippen molar-refractivity contribution in [3.8, 4) is 22.3 Å². The standard InChI is InChI=1S/C21H15ClN4O2S/c1-13-19(29-21(25-13)17-4-2-3-11-23-17)20(27)26-15-7-10-18(24-12-15)28-16-8-5-14(22)6-9-16/h2-12H,1H3,(H,26,27). The molecule has 4 rings (SSSR count). The largest absolute Gasteiger partial charge is 0.439 e. The Morgan fingerprint density at radius 1 is 1.07 bits per heavy atom. The third kappa shape index (κ3) is 4.59. The van der Waals surface area contributed by atoms with Crippen LogP contribution in [-0.4, -0.2) is 20.9 Å². The molecule has 0 aliphatic rings. The van der Waals surface area contributed by atoms with Crippen LogP contribution in [0.5, 0.6) is 11.6 Å². The summed E-state index contributed by atoms with van der Waals surface area (Å²) in [5.74, 6) is 0.799. The molecule has 0 bridgehead atoms. The smallest absolute Gasteiger partial charge is 0.267 e. The number of carbonyl (C=O) groups is 1. The van der Waals surface area contributed by atoms with E-state index in [0.717, 1.165) is 5.69 Å². The summed E-state index contributed by atoms with van der Waals surface area (Å²) in [6.07, 6.45) is 3.24. The lowest BCUT2D eigenvalue weighted by atomic mass is 10.3. The molecular formula is C21H15ClN4O2S. The molecule has 6 nitrogen and oxygen atoms in total. The number of halogens is 1. The Balaban J connectivity index is 1.45. The van der Waals surface area contributed by atoms with Crippen molar-refractivity contribution in [3.05, 3.63) is 82.6 Å². The van der Waals surface area contributed by atoms with Gasteiger partial charge in [-0.25, -0.2) is 9.97 Å². The van der Waals surface area contributed by atoms with E-state index in [-0.39, 0.29) is 5.91 Å². The summed E-state index contributed by atoms with van der Waals surface area (Å²) in [5, 5.41) is 4.18. The number of nitrogens with one attached hydrogen (secondary N) is 1. The highest BCUT2D eigenvalue weighted by atomic mass is 35.5. The van der Waals surface area contributed by atoms with Gasteiger partial charge in [0.25, 0.3) is 5.91 Å². The van der Waals surface area contributed by atoms with Crippen molar-refractivity contribution in [1.82, 2.24) is 15.0 Å². The van der Waals surface area contributed by atoms with Gasteiger partial charge in [0.15, 0.2) is 0 Å². The van der Waals surface area contributed by atoms with E-state index in [1.54, 1.807) is 55.7 Å². The van der Waals surface area contributed by atoms with Crippen molar-refractivity contribution in [3.63, 3.8) is 0 Å². The Kier molecular flexibility index (Phi) is 5.50. The number of pyridine rings is 2. The van der Waals surface area contributed by atoms with Gasteiger partial charge in [-0.1, -0.05) is 17.7 Å². The number of amides is 1.